The highest BCUT2D eigenvalue weighted by Crippen LogP contribution is 2.43. The van der Waals surface area contributed by atoms with Gasteiger partial charge >= 0.3 is 0 Å². The maximum absolute atomic E-state index is 13.3. The average Bonchev–Trinajstić information content (AvgIpc) is 3.26. The molecule has 0 aromatic heterocycles. The van der Waals surface area contributed by atoms with Crippen molar-refractivity contribution in [3.63, 3.8) is 0 Å². The number of carbonyl (C=O) groups excluding carboxylic acids is 1. The van der Waals surface area contributed by atoms with Gasteiger partial charge in [0.1, 0.15) is 18.2 Å². The zero-order valence-corrected chi connectivity index (χ0v) is 22.3. The van der Waals surface area contributed by atoms with Gasteiger partial charge in [0.15, 0.2) is 28.8 Å². The van der Waals surface area contributed by atoms with Gasteiger partial charge in [-0.3, -0.25) is 9.69 Å². The first-order valence-corrected chi connectivity index (χ1v) is 12.3. The van der Waals surface area contributed by atoms with Gasteiger partial charge in [-0.05, 0) is 60.9 Å². The van der Waals surface area contributed by atoms with Gasteiger partial charge in [0.05, 0.1) is 34.0 Å². The van der Waals surface area contributed by atoms with E-state index in [1.54, 1.807) is 40.6 Å². The minimum atomic E-state index is -0.150. The second-order valence-electron chi connectivity index (χ2n) is 9.19. The van der Waals surface area contributed by atoms with Gasteiger partial charge in [0.25, 0.3) is 0 Å². The van der Waals surface area contributed by atoms with Gasteiger partial charge in [-0.1, -0.05) is 12.1 Å². The topological polar surface area (TPSA) is 75.7 Å². The molecule has 198 valence electrons. The van der Waals surface area contributed by atoms with E-state index >= 15 is 0 Å². The summed E-state index contributed by atoms with van der Waals surface area (Å²) in [4.78, 5) is 15.5. The summed E-state index contributed by atoms with van der Waals surface area (Å²) >= 11 is 0. The van der Waals surface area contributed by atoms with Crippen molar-refractivity contribution < 1.29 is 33.2 Å². The van der Waals surface area contributed by atoms with Crippen LogP contribution in [0.3, 0.4) is 0 Å². The lowest BCUT2D eigenvalue weighted by Gasteiger charge is -2.30. The fourth-order valence-electron chi connectivity index (χ4n) is 4.86. The molecule has 0 atom stereocenters. The number of rotatable bonds is 8. The summed E-state index contributed by atoms with van der Waals surface area (Å²) in [5, 5.41) is 0. The van der Waals surface area contributed by atoms with E-state index in [-0.39, 0.29) is 11.5 Å². The molecule has 5 rings (SSSR count). The third-order valence-electron chi connectivity index (χ3n) is 6.87. The first kappa shape index (κ1) is 25.5. The van der Waals surface area contributed by atoms with Gasteiger partial charge in [-0.2, -0.15) is 0 Å². The molecule has 0 unspecified atom stereocenters. The molecule has 0 N–H and O–H groups in total. The molecule has 0 spiro atoms. The van der Waals surface area contributed by atoms with Crippen molar-refractivity contribution in [3.8, 4) is 34.5 Å². The minimum absolute atomic E-state index is 0.150. The Balaban J connectivity index is 1.33. The molecule has 0 fully saturated rings. The van der Waals surface area contributed by atoms with E-state index in [1.165, 1.54) is 0 Å². The summed E-state index contributed by atoms with van der Waals surface area (Å²) in [5.41, 5.74) is 4.29. The monoisotopic (exact) mass is 517 g/mol. The van der Waals surface area contributed by atoms with Crippen molar-refractivity contribution in [2.45, 2.75) is 19.9 Å². The molecular formula is C30H31NO7. The van der Waals surface area contributed by atoms with E-state index in [0.717, 1.165) is 41.0 Å². The summed E-state index contributed by atoms with van der Waals surface area (Å²) in [5.74, 6) is 4.08. The van der Waals surface area contributed by atoms with Gasteiger partial charge in [-0.15, -0.1) is 0 Å². The number of hydrogen-bond donors (Lipinski definition) is 0. The Morgan fingerprint density at radius 3 is 2.26 bits per heavy atom. The first-order valence-electron chi connectivity index (χ1n) is 12.3. The van der Waals surface area contributed by atoms with Crippen LogP contribution in [-0.2, 0) is 13.0 Å². The van der Waals surface area contributed by atoms with E-state index in [4.69, 9.17) is 28.4 Å². The van der Waals surface area contributed by atoms with Gasteiger partial charge < -0.3 is 28.4 Å². The smallest absolute Gasteiger partial charge is 0.231 e. The fraction of sp³-hybridized carbons (Fsp3) is 0.300. The number of allylic oxidation sites excluding steroid dienone is 1. The molecule has 38 heavy (non-hydrogen) atoms. The van der Waals surface area contributed by atoms with Crippen LogP contribution in [0.4, 0.5) is 0 Å². The Morgan fingerprint density at radius 2 is 1.55 bits per heavy atom. The standard InChI is InChI=1S/C30H31NO7/c1-18-29-21(16-31(17-37-29)11-10-19-6-8-23(33-2)25(12-19)35-4)15-22-28(32)27(38-30(18)22)14-20-7-9-24(34-3)26(13-20)36-5/h6-9,12-15H,10-11,16-17H2,1-5H3/b27-14-. The van der Waals surface area contributed by atoms with Crippen molar-refractivity contribution in [2.75, 3.05) is 41.7 Å². The number of nitrogens with zero attached hydrogens (tertiary/aromatic N) is 1. The molecule has 3 aromatic rings. The highest BCUT2D eigenvalue weighted by atomic mass is 16.5. The van der Waals surface area contributed by atoms with Gasteiger partial charge in [0, 0.05) is 24.2 Å². The number of carbonyl (C=O) groups is 1. The minimum Gasteiger partial charge on any atom is -0.493 e. The second kappa shape index (κ2) is 10.7. The Morgan fingerprint density at radius 1 is 0.868 bits per heavy atom. The summed E-state index contributed by atoms with van der Waals surface area (Å²) in [6.07, 6.45) is 2.54. The lowest BCUT2D eigenvalue weighted by molar-refractivity contribution is 0.0953. The molecule has 3 aromatic carbocycles. The van der Waals surface area contributed by atoms with Crippen LogP contribution in [0.25, 0.3) is 6.08 Å². The van der Waals surface area contributed by atoms with Crippen LogP contribution in [0.15, 0.2) is 48.2 Å². The normalized spacial score (nSPS) is 15.4. The van der Waals surface area contributed by atoms with Crippen molar-refractivity contribution in [2.24, 2.45) is 0 Å². The van der Waals surface area contributed by atoms with E-state index in [0.29, 0.717) is 47.6 Å². The molecule has 0 saturated carbocycles. The summed E-state index contributed by atoms with van der Waals surface area (Å²) in [6, 6.07) is 13.3. The number of methoxy groups -OCH3 is 4. The highest BCUT2D eigenvalue weighted by molar-refractivity contribution is 6.15. The Kier molecular flexibility index (Phi) is 7.15. The van der Waals surface area contributed by atoms with Crippen LogP contribution in [0.5, 0.6) is 34.5 Å². The molecule has 2 aliphatic heterocycles. The van der Waals surface area contributed by atoms with E-state index in [2.05, 4.69) is 4.90 Å². The predicted octanol–water partition coefficient (Wildman–Crippen LogP) is 5.04. The molecule has 8 nitrogen and oxygen atoms in total. The molecule has 8 heteroatoms. The number of benzene rings is 3. The summed E-state index contributed by atoms with van der Waals surface area (Å²) < 4.78 is 33.6. The fourth-order valence-corrected chi connectivity index (χ4v) is 4.86. The maximum Gasteiger partial charge on any atom is 0.231 e. The molecule has 2 heterocycles. The summed E-state index contributed by atoms with van der Waals surface area (Å²) in [6.45, 7) is 3.87. The van der Waals surface area contributed by atoms with E-state index < -0.39 is 0 Å². The van der Waals surface area contributed by atoms with Crippen LogP contribution in [-0.4, -0.2) is 52.4 Å². The van der Waals surface area contributed by atoms with E-state index in [9.17, 15) is 4.79 Å². The number of ether oxygens (including phenoxy) is 6. The largest absolute Gasteiger partial charge is 0.493 e. The third-order valence-corrected chi connectivity index (χ3v) is 6.87. The number of fused-ring (bicyclic) bond motifs is 2. The van der Waals surface area contributed by atoms with Crippen LogP contribution < -0.4 is 28.4 Å². The van der Waals surface area contributed by atoms with Crippen molar-refractivity contribution in [3.05, 3.63) is 76.0 Å². The number of hydrogen-bond acceptors (Lipinski definition) is 8. The lowest BCUT2D eigenvalue weighted by Crippen LogP contribution is -2.34. The SMILES string of the molecule is COc1ccc(/C=C2\Oc3c(cc4c(c3C)OCN(CCc3ccc(OC)c(OC)c3)C4)C2=O)cc1OC. The molecule has 0 amide bonds. The van der Waals surface area contributed by atoms with Gasteiger partial charge in [-0.25, -0.2) is 0 Å². The number of Topliss-reactive ketones (excluding diaryl/α,β-unsaturated/α-hetero) is 1. The molecule has 0 saturated heterocycles. The van der Waals surface area contributed by atoms with Crippen LogP contribution >= 0.6 is 0 Å². The summed E-state index contributed by atoms with van der Waals surface area (Å²) in [7, 11) is 6.42. The number of ketones is 1. The van der Waals surface area contributed by atoms with Gasteiger partial charge in [0.2, 0.25) is 5.78 Å². The Hall–Kier alpha value is -4.17. The maximum atomic E-state index is 13.3. The van der Waals surface area contributed by atoms with Crippen LogP contribution in [0.2, 0.25) is 0 Å². The third kappa shape index (κ3) is 4.75. The molecule has 0 aliphatic carbocycles. The zero-order chi connectivity index (χ0) is 26.8. The zero-order valence-electron chi connectivity index (χ0n) is 22.3. The van der Waals surface area contributed by atoms with Crippen molar-refractivity contribution in [1.29, 1.82) is 0 Å². The highest BCUT2D eigenvalue weighted by Gasteiger charge is 2.33. The Labute approximate surface area is 222 Å². The lowest BCUT2D eigenvalue weighted by atomic mass is 9.99. The molecule has 0 bridgehead atoms. The first-order chi connectivity index (χ1) is 18.4. The molecular weight excluding hydrogens is 486 g/mol. The second-order valence-corrected chi connectivity index (χ2v) is 9.19. The van der Waals surface area contributed by atoms with Crippen molar-refractivity contribution in [1.82, 2.24) is 4.90 Å². The quantitative estimate of drug-likeness (QED) is 0.385. The van der Waals surface area contributed by atoms with Crippen LogP contribution in [0, 0.1) is 6.92 Å². The average molecular weight is 518 g/mol. The molecule has 2 aliphatic rings. The van der Waals surface area contributed by atoms with Crippen LogP contribution in [0.1, 0.15) is 32.6 Å². The predicted molar refractivity (Wildman–Crippen MR) is 143 cm³/mol. The Bertz CT molecular complexity index is 1410. The van der Waals surface area contributed by atoms with E-state index in [1.807, 2.05) is 43.3 Å². The van der Waals surface area contributed by atoms with Crippen molar-refractivity contribution >= 4 is 11.9 Å². The molecule has 0 radical (unpaired) electrons.